The summed E-state index contributed by atoms with van der Waals surface area (Å²) in [5.74, 6) is -0.522. The molecule has 0 unspecified atom stereocenters. The lowest BCUT2D eigenvalue weighted by Crippen LogP contribution is -2.39. The summed E-state index contributed by atoms with van der Waals surface area (Å²) in [7, 11) is -2.12. The Morgan fingerprint density at radius 1 is 1.07 bits per heavy atom. The van der Waals surface area contributed by atoms with Crippen LogP contribution in [0.3, 0.4) is 0 Å². The van der Waals surface area contributed by atoms with E-state index in [1.54, 1.807) is 13.2 Å². The van der Waals surface area contributed by atoms with E-state index in [4.69, 9.17) is 0 Å². The van der Waals surface area contributed by atoms with Crippen molar-refractivity contribution in [1.82, 2.24) is 20.4 Å². The van der Waals surface area contributed by atoms with Crippen molar-refractivity contribution in [2.45, 2.75) is 18.0 Å². The van der Waals surface area contributed by atoms with Crippen molar-refractivity contribution in [3.05, 3.63) is 83.9 Å². The molecule has 0 spiro atoms. The maximum Gasteiger partial charge on any atom is 0.191 e. The fraction of sp³-hybridized carbons (Fsp3) is 0.238. The first kappa shape index (κ1) is 21.5. The zero-order valence-electron chi connectivity index (χ0n) is 16.6. The standard InChI is InChI=1S/C21H24FN5O2S/c1-23-21(24-12-14-30(28,29)20-10-5-4-9-19(20)22)25-15-17-7-2-3-8-18(17)16-27-13-6-11-26-27/h2-11,13H,12,14-16H2,1H3,(H2,23,24,25). The Bertz CT molecular complexity index is 1100. The van der Waals surface area contributed by atoms with Gasteiger partial charge in [-0.3, -0.25) is 9.67 Å². The van der Waals surface area contributed by atoms with Crippen molar-refractivity contribution in [3.63, 3.8) is 0 Å². The lowest BCUT2D eigenvalue weighted by molar-refractivity contribution is 0.566. The normalized spacial score (nSPS) is 12.0. The Balaban J connectivity index is 1.55. The van der Waals surface area contributed by atoms with E-state index >= 15 is 0 Å². The Kier molecular flexibility index (Phi) is 7.18. The highest BCUT2D eigenvalue weighted by Crippen LogP contribution is 2.14. The molecular weight excluding hydrogens is 405 g/mol. The van der Waals surface area contributed by atoms with Crippen LogP contribution in [0.25, 0.3) is 0 Å². The summed E-state index contributed by atoms with van der Waals surface area (Å²) in [6, 6.07) is 15.2. The van der Waals surface area contributed by atoms with Gasteiger partial charge in [0.25, 0.3) is 0 Å². The molecule has 158 valence electrons. The third-order valence-electron chi connectivity index (χ3n) is 4.51. The maximum atomic E-state index is 13.8. The third-order valence-corrected chi connectivity index (χ3v) is 6.26. The Morgan fingerprint density at radius 3 is 2.50 bits per heavy atom. The van der Waals surface area contributed by atoms with Gasteiger partial charge in [-0.1, -0.05) is 36.4 Å². The van der Waals surface area contributed by atoms with Crippen LogP contribution in [0, 0.1) is 5.82 Å². The highest BCUT2D eigenvalue weighted by molar-refractivity contribution is 7.91. The summed E-state index contributed by atoms with van der Waals surface area (Å²) >= 11 is 0. The Hall–Kier alpha value is -3.20. The number of benzene rings is 2. The molecule has 0 saturated carbocycles. The van der Waals surface area contributed by atoms with Crippen LogP contribution in [-0.4, -0.2) is 43.5 Å². The topological polar surface area (TPSA) is 88.4 Å². The van der Waals surface area contributed by atoms with E-state index in [0.717, 1.165) is 17.2 Å². The number of hydrogen-bond acceptors (Lipinski definition) is 4. The van der Waals surface area contributed by atoms with Crippen LogP contribution in [0.4, 0.5) is 4.39 Å². The van der Waals surface area contributed by atoms with Crippen molar-refractivity contribution in [3.8, 4) is 0 Å². The van der Waals surface area contributed by atoms with Crippen LogP contribution in [0.2, 0.25) is 0 Å². The van der Waals surface area contributed by atoms with Gasteiger partial charge in [-0.2, -0.15) is 5.10 Å². The number of nitrogens with one attached hydrogen (secondary N) is 2. The zero-order valence-corrected chi connectivity index (χ0v) is 17.4. The molecule has 0 fully saturated rings. The van der Waals surface area contributed by atoms with Crippen LogP contribution in [0.5, 0.6) is 0 Å². The third kappa shape index (κ3) is 5.66. The lowest BCUT2D eigenvalue weighted by Gasteiger charge is -2.14. The van der Waals surface area contributed by atoms with Crippen molar-refractivity contribution in [2.24, 2.45) is 4.99 Å². The molecule has 3 aromatic rings. The molecule has 2 N–H and O–H groups in total. The SMILES string of the molecule is CN=C(NCCS(=O)(=O)c1ccccc1F)NCc1ccccc1Cn1cccn1. The molecule has 0 aliphatic rings. The van der Waals surface area contributed by atoms with E-state index < -0.39 is 15.7 Å². The van der Waals surface area contributed by atoms with Gasteiger partial charge in [0.05, 0.1) is 12.3 Å². The predicted octanol–water partition coefficient (Wildman–Crippen LogP) is 2.21. The molecule has 7 nitrogen and oxygen atoms in total. The summed E-state index contributed by atoms with van der Waals surface area (Å²) in [6.07, 6.45) is 3.64. The average molecular weight is 430 g/mol. The Morgan fingerprint density at radius 2 is 1.80 bits per heavy atom. The molecule has 3 rings (SSSR count). The van der Waals surface area contributed by atoms with Crippen molar-refractivity contribution >= 4 is 15.8 Å². The quantitative estimate of drug-likeness (QED) is 0.423. The van der Waals surface area contributed by atoms with Crippen LogP contribution in [-0.2, 0) is 22.9 Å². The minimum atomic E-state index is -3.73. The smallest absolute Gasteiger partial charge is 0.191 e. The van der Waals surface area contributed by atoms with E-state index in [9.17, 15) is 12.8 Å². The van der Waals surface area contributed by atoms with Crippen LogP contribution < -0.4 is 10.6 Å². The molecule has 30 heavy (non-hydrogen) atoms. The number of halogens is 1. The first-order chi connectivity index (χ1) is 14.5. The molecule has 1 aromatic heterocycles. The van der Waals surface area contributed by atoms with Gasteiger partial charge >= 0.3 is 0 Å². The number of rotatable bonds is 8. The van der Waals surface area contributed by atoms with E-state index in [-0.39, 0.29) is 17.2 Å². The summed E-state index contributed by atoms with van der Waals surface area (Å²) in [5.41, 5.74) is 2.20. The molecule has 2 aromatic carbocycles. The minimum Gasteiger partial charge on any atom is -0.355 e. The number of aliphatic imine (C=N–C) groups is 1. The number of guanidine groups is 1. The number of sulfone groups is 1. The largest absolute Gasteiger partial charge is 0.355 e. The molecule has 0 aliphatic carbocycles. The van der Waals surface area contributed by atoms with E-state index in [1.165, 1.54) is 18.2 Å². The Labute approximate surface area is 175 Å². The van der Waals surface area contributed by atoms with E-state index in [1.807, 2.05) is 41.2 Å². The second kappa shape index (κ2) is 10.0. The van der Waals surface area contributed by atoms with Gasteiger partial charge in [0, 0.05) is 32.5 Å². The highest BCUT2D eigenvalue weighted by Gasteiger charge is 2.18. The van der Waals surface area contributed by atoms with Gasteiger partial charge in [0.1, 0.15) is 10.7 Å². The molecule has 9 heteroatoms. The van der Waals surface area contributed by atoms with Gasteiger partial charge in [-0.05, 0) is 29.3 Å². The molecule has 1 heterocycles. The highest BCUT2D eigenvalue weighted by atomic mass is 32.2. The van der Waals surface area contributed by atoms with Gasteiger partial charge in [0.15, 0.2) is 15.8 Å². The number of aromatic nitrogens is 2. The molecule has 0 bridgehead atoms. The number of nitrogens with zero attached hydrogens (tertiary/aromatic N) is 3. The molecule has 0 atom stereocenters. The van der Waals surface area contributed by atoms with Crippen molar-refractivity contribution in [2.75, 3.05) is 19.3 Å². The second-order valence-electron chi connectivity index (χ2n) is 6.57. The van der Waals surface area contributed by atoms with Gasteiger partial charge in [-0.15, -0.1) is 0 Å². The summed E-state index contributed by atoms with van der Waals surface area (Å²) < 4.78 is 40.3. The molecule has 0 saturated heterocycles. The van der Waals surface area contributed by atoms with Gasteiger partial charge in [-0.25, -0.2) is 12.8 Å². The maximum absolute atomic E-state index is 13.8. The first-order valence-electron chi connectivity index (χ1n) is 9.45. The monoisotopic (exact) mass is 429 g/mol. The van der Waals surface area contributed by atoms with Crippen LogP contribution in [0.1, 0.15) is 11.1 Å². The first-order valence-corrected chi connectivity index (χ1v) is 11.1. The lowest BCUT2D eigenvalue weighted by atomic mass is 10.1. The predicted molar refractivity (Wildman–Crippen MR) is 114 cm³/mol. The average Bonchev–Trinajstić information content (AvgIpc) is 3.25. The van der Waals surface area contributed by atoms with Crippen LogP contribution in [0.15, 0.2) is 76.9 Å². The summed E-state index contributed by atoms with van der Waals surface area (Å²) in [5, 5.41) is 10.4. The van der Waals surface area contributed by atoms with E-state index in [0.29, 0.717) is 19.0 Å². The van der Waals surface area contributed by atoms with Crippen molar-refractivity contribution in [1.29, 1.82) is 0 Å². The summed E-state index contributed by atoms with van der Waals surface area (Å²) in [6.45, 7) is 1.26. The molecule has 0 radical (unpaired) electrons. The minimum absolute atomic E-state index is 0.102. The fourth-order valence-electron chi connectivity index (χ4n) is 2.96. The van der Waals surface area contributed by atoms with Crippen molar-refractivity contribution < 1.29 is 12.8 Å². The van der Waals surface area contributed by atoms with E-state index in [2.05, 4.69) is 20.7 Å². The molecule has 0 amide bonds. The van der Waals surface area contributed by atoms with Crippen LogP contribution >= 0.6 is 0 Å². The van der Waals surface area contributed by atoms with Gasteiger partial charge < -0.3 is 10.6 Å². The number of hydrogen-bond donors (Lipinski definition) is 2. The molecule has 0 aliphatic heterocycles. The molecular formula is C21H24FN5O2S. The second-order valence-corrected chi connectivity index (χ2v) is 8.65. The van der Waals surface area contributed by atoms with Gasteiger partial charge in [0.2, 0.25) is 0 Å². The fourth-order valence-corrected chi connectivity index (χ4v) is 4.20. The summed E-state index contributed by atoms with van der Waals surface area (Å²) in [4.78, 5) is 3.84. The zero-order chi connectivity index (χ0) is 21.4.